The monoisotopic (exact) mass is 355 g/mol. The molecule has 4 aromatic rings. The normalized spacial score (nSPS) is 13.0. The number of nitrogens with two attached hydrogens (primary N) is 1. The van der Waals surface area contributed by atoms with Gasteiger partial charge in [0.05, 0.1) is 29.2 Å². The first-order chi connectivity index (χ1) is 13.2. The Hall–Kier alpha value is -3.73. The van der Waals surface area contributed by atoms with E-state index in [9.17, 15) is 5.11 Å². The van der Waals surface area contributed by atoms with E-state index in [1.54, 1.807) is 11.7 Å². The molecule has 0 saturated carbocycles. The van der Waals surface area contributed by atoms with E-state index in [2.05, 4.69) is 0 Å². The fourth-order valence-electron chi connectivity index (χ4n) is 3.59. The summed E-state index contributed by atoms with van der Waals surface area (Å²) in [5, 5.41) is 12.1. The molecule has 0 radical (unpaired) electrons. The van der Waals surface area contributed by atoms with Crippen LogP contribution in [0.2, 0.25) is 0 Å². The molecule has 2 aromatic heterocycles. The van der Waals surface area contributed by atoms with Gasteiger partial charge in [0.1, 0.15) is 5.75 Å². The molecule has 0 aliphatic heterocycles. The first kappa shape index (κ1) is 15.5. The molecule has 0 saturated heterocycles. The van der Waals surface area contributed by atoms with Crippen LogP contribution in [0.1, 0.15) is 0 Å². The lowest BCUT2D eigenvalue weighted by molar-refractivity contribution is 0.416. The van der Waals surface area contributed by atoms with E-state index in [1.165, 1.54) is 0 Å². The number of aromatic hydroxyl groups is 1. The number of para-hydroxylation sites is 2. The summed E-state index contributed by atoms with van der Waals surface area (Å²) in [5.74, 6) is 0.880. The minimum atomic E-state index is 0.107. The highest BCUT2D eigenvalue weighted by molar-refractivity contribution is 6.12. The van der Waals surface area contributed by atoms with Gasteiger partial charge in [-0.3, -0.25) is 4.57 Å². The van der Waals surface area contributed by atoms with Crippen molar-refractivity contribution in [2.45, 2.75) is 0 Å². The van der Waals surface area contributed by atoms with Crippen LogP contribution >= 0.6 is 0 Å². The molecule has 132 valence electrons. The van der Waals surface area contributed by atoms with Gasteiger partial charge >= 0.3 is 0 Å². The molecule has 27 heavy (non-hydrogen) atoms. The maximum absolute atomic E-state index is 10.7. The lowest BCUT2D eigenvalue weighted by Gasteiger charge is -2.12. The molecule has 5 heteroatoms. The molecule has 1 aliphatic rings. The number of rotatable bonds is 3. The third-order valence-electron chi connectivity index (χ3n) is 5.00. The first-order valence-corrected chi connectivity index (χ1v) is 8.63. The maximum atomic E-state index is 10.7. The molecule has 0 spiro atoms. The fraction of sp³-hybridized carbons (Fsp3) is 0.0455. The summed E-state index contributed by atoms with van der Waals surface area (Å²) in [6, 6.07) is 13.7. The summed E-state index contributed by atoms with van der Waals surface area (Å²) in [7, 11) is 1.65. The molecule has 0 fully saturated rings. The van der Waals surface area contributed by atoms with Crippen LogP contribution in [-0.4, -0.2) is 21.8 Å². The Labute approximate surface area is 155 Å². The van der Waals surface area contributed by atoms with Crippen LogP contribution in [0.5, 0.6) is 11.6 Å². The lowest BCUT2D eigenvalue weighted by atomic mass is 9.99. The van der Waals surface area contributed by atoms with Crippen LogP contribution in [0.3, 0.4) is 0 Å². The number of ether oxygens (including phenoxy) is 1. The molecule has 0 bridgehead atoms. The third-order valence-corrected chi connectivity index (χ3v) is 5.00. The molecule has 0 amide bonds. The zero-order valence-corrected chi connectivity index (χ0v) is 14.7. The number of hydrogen-bond donors (Lipinski definition) is 2. The van der Waals surface area contributed by atoms with Crippen molar-refractivity contribution in [1.29, 1.82) is 0 Å². The number of hydrogen-bond acceptors (Lipinski definition) is 4. The summed E-state index contributed by atoms with van der Waals surface area (Å²) < 4.78 is 7.23. The molecule has 0 atom stereocenters. The third kappa shape index (κ3) is 2.15. The molecule has 5 nitrogen and oxygen atoms in total. The van der Waals surface area contributed by atoms with E-state index >= 15 is 0 Å². The van der Waals surface area contributed by atoms with Gasteiger partial charge in [0.15, 0.2) is 0 Å². The Morgan fingerprint density at radius 2 is 1.85 bits per heavy atom. The number of methoxy groups -OCH3 is 1. The first-order valence-electron chi connectivity index (χ1n) is 8.63. The highest BCUT2D eigenvalue weighted by Gasteiger charge is 2.19. The predicted molar refractivity (Wildman–Crippen MR) is 109 cm³/mol. The minimum absolute atomic E-state index is 0.107. The highest BCUT2D eigenvalue weighted by Crippen LogP contribution is 2.41. The predicted octanol–water partition coefficient (Wildman–Crippen LogP) is 4.56. The second-order valence-corrected chi connectivity index (χ2v) is 6.46. The molecule has 5 rings (SSSR count). The van der Waals surface area contributed by atoms with Crippen molar-refractivity contribution < 1.29 is 9.84 Å². The molecule has 2 heterocycles. The van der Waals surface area contributed by atoms with Crippen LogP contribution in [0.25, 0.3) is 38.6 Å². The van der Waals surface area contributed by atoms with Gasteiger partial charge in [0.25, 0.3) is 0 Å². The van der Waals surface area contributed by atoms with Gasteiger partial charge in [-0.15, -0.1) is 0 Å². The van der Waals surface area contributed by atoms with Gasteiger partial charge in [-0.05, 0) is 18.2 Å². The lowest BCUT2D eigenvalue weighted by Crippen LogP contribution is -1.95. The second-order valence-electron chi connectivity index (χ2n) is 6.46. The quantitative estimate of drug-likeness (QED) is 0.565. The molecule has 2 aromatic carbocycles. The summed E-state index contributed by atoms with van der Waals surface area (Å²) in [5.41, 5.74) is 11.2. The Bertz CT molecular complexity index is 1280. The van der Waals surface area contributed by atoms with Crippen molar-refractivity contribution in [3.8, 4) is 22.8 Å². The number of allylic oxidation sites excluding steroid dienone is 4. The van der Waals surface area contributed by atoms with Crippen LogP contribution in [0.4, 0.5) is 5.69 Å². The van der Waals surface area contributed by atoms with Crippen LogP contribution in [-0.2, 0) is 0 Å². The van der Waals surface area contributed by atoms with E-state index in [1.807, 2.05) is 66.9 Å². The van der Waals surface area contributed by atoms with E-state index in [4.69, 9.17) is 15.5 Å². The molecular formula is C22H17N3O2. The number of pyridine rings is 1. The molecule has 0 unspecified atom stereocenters. The van der Waals surface area contributed by atoms with Gasteiger partial charge in [-0.2, -0.15) is 0 Å². The highest BCUT2D eigenvalue weighted by atomic mass is 16.5. The van der Waals surface area contributed by atoms with Crippen LogP contribution in [0, 0.1) is 0 Å². The van der Waals surface area contributed by atoms with E-state index in [0.717, 1.165) is 33.5 Å². The summed E-state index contributed by atoms with van der Waals surface area (Å²) in [6.07, 6.45) is 7.59. The number of benzene rings is 2. The average Bonchev–Trinajstić information content (AvgIpc) is 2.96. The molecule has 3 N–H and O–H groups in total. The zero-order chi connectivity index (χ0) is 18.5. The van der Waals surface area contributed by atoms with E-state index in [-0.39, 0.29) is 5.88 Å². The zero-order valence-electron chi connectivity index (χ0n) is 14.7. The Balaban J connectivity index is 1.85. The summed E-state index contributed by atoms with van der Waals surface area (Å²) >= 11 is 0. The number of anilines is 1. The van der Waals surface area contributed by atoms with Crippen molar-refractivity contribution in [1.82, 2.24) is 9.55 Å². The Morgan fingerprint density at radius 3 is 2.59 bits per heavy atom. The van der Waals surface area contributed by atoms with Crippen molar-refractivity contribution in [2.24, 2.45) is 0 Å². The van der Waals surface area contributed by atoms with Crippen LogP contribution in [0.15, 0.2) is 66.9 Å². The van der Waals surface area contributed by atoms with Crippen molar-refractivity contribution >= 4 is 33.2 Å². The number of fused-ring (bicyclic) bond motifs is 2. The van der Waals surface area contributed by atoms with E-state index < -0.39 is 0 Å². The molecular weight excluding hydrogens is 338 g/mol. The summed E-state index contributed by atoms with van der Waals surface area (Å²) in [6.45, 7) is 0. The van der Waals surface area contributed by atoms with Gasteiger partial charge in [-0.1, -0.05) is 42.5 Å². The number of nitrogens with zero attached hydrogens (tertiary/aromatic N) is 2. The summed E-state index contributed by atoms with van der Waals surface area (Å²) in [4.78, 5) is 4.84. The largest absolute Gasteiger partial charge is 0.496 e. The second kappa shape index (κ2) is 5.64. The number of aromatic nitrogens is 2. The maximum Gasteiger partial charge on any atom is 0.207 e. The Morgan fingerprint density at radius 1 is 1.07 bits per heavy atom. The van der Waals surface area contributed by atoms with Gasteiger partial charge in [0, 0.05) is 28.4 Å². The Kier molecular flexibility index (Phi) is 3.24. The minimum Gasteiger partial charge on any atom is -0.496 e. The van der Waals surface area contributed by atoms with Gasteiger partial charge < -0.3 is 15.6 Å². The average molecular weight is 355 g/mol. The van der Waals surface area contributed by atoms with Gasteiger partial charge in [0.2, 0.25) is 5.88 Å². The van der Waals surface area contributed by atoms with Crippen molar-refractivity contribution in [3.63, 3.8) is 0 Å². The standard InChI is InChI=1S/C22H17N3O2/c1-27-18-11-3-2-8-14(18)15-9-5-10-16-20(23)19-17(24-21(15)16)12-25(22(19)26)13-6-4-7-13/h2-12,26H,23H2,1H3. The smallest absolute Gasteiger partial charge is 0.207 e. The van der Waals surface area contributed by atoms with Crippen LogP contribution < -0.4 is 10.5 Å². The van der Waals surface area contributed by atoms with E-state index in [0.29, 0.717) is 16.6 Å². The SMILES string of the molecule is COc1ccccc1-c1cccc2c(N)c3c(O)n(C4=CC=C4)cc3nc12. The fourth-order valence-corrected chi connectivity index (χ4v) is 3.59. The number of nitrogen functional groups attached to an aromatic ring is 1. The molecule has 1 aliphatic carbocycles. The van der Waals surface area contributed by atoms with Crippen molar-refractivity contribution in [2.75, 3.05) is 12.8 Å². The topological polar surface area (TPSA) is 73.3 Å². The van der Waals surface area contributed by atoms with Crippen molar-refractivity contribution in [3.05, 3.63) is 66.9 Å². The van der Waals surface area contributed by atoms with Gasteiger partial charge in [-0.25, -0.2) is 4.98 Å².